The molecule has 0 aromatic carbocycles. The molecule has 0 aromatic heterocycles. The Bertz CT molecular complexity index is 320. The summed E-state index contributed by atoms with van der Waals surface area (Å²) < 4.78 is 36.3. The molecule has 1 rings (SSSR count). The average molecular weight is 261 g/mol. The van der Waals surface area contributed by atoms with Gasteiger partial charge < -0.3 is 0 Å². The largest absolute Gasteiger partial charge is 0.426 e. The van der Waals surface area contributed by atoms with Gasteiger partial charge in [0.05, 0.1) is 0 Å². The number of hydrogen-bond donors (Lipinski definition) is 0. The number of halogens is 5. The van der Waals surface area contributed by atoms with Crippen molar-refractivity contribution in [1.29, 1.82) is 0 Å². The summed E-state index contributed by atoms with van der Waals surface area (Å²) in [5, 5.41) is -1.81. The first-order valence-electron chi connectivity index (χ1n) is 4.22. The van der Waals surface area contributed by atoms with Crippen LogP contribution >= 0.6 is 23.2 Å². The van der Waals surface area contributed by atoms with Gasteiger partial charge in [-0.1, -0.05) is 31.5 Å². The number of hydrogen-bond acceptors (Lipinski definition) is 1. The molecule has 1 aliphatic rings. The van der Waals surface area contributed by atoms with Crippen LogP contribution in [0.3, 0.4) is 0 Å². The summed E-state index contributed by atoms with van der Waals surface area (Å²) in [4.78, 5) is 10.9. The first-order valence-corrected chi connectivity index (χ1v) is 4.98. The highest BCUT2D eigenvalue weighted by molar-refractivity contribution is 6.64. The first-order chi connectivity index (χ1) is 6.58. The fourth-order valence-corrected chi connectivity index (χ4v) is 2.23. The maximum Gasteiger partial charge on any atom is 0.426 e. The second-order valence-electron chi connectivity index (χ2n) is 4.14. The zero-order valence-corrected chi connectivity index (χ0v) is 9.54. The van der Waals surface area contributed by atoms with Crippen molar-refractivity contribution in [2.24, 2.45) is 17.3 Å². The molecular weight excluding hydrogens is 252 g/mol. The van der Waals surface area contributed by atoms with Crippen molar-refractivity contribution in [2.75, 3.05) is 0 Å². The van der Waals surface area contributed by atoms with Crippen LogP contribution < -0.4 is 0 Å². The molecule has 1 fully saturated rings. The molecule has 0 spiro atoms. The van der Waals surface area contributed by atoms with Crippen molar-refractivity contribution in [3.8, 4) is 0 Å². The van der Waals surface area contributed by atoms with Crippen LogP contribution in [0.15, 0.2) is 11.1 Å². The number of carbonyl (C=O) groups is 1. The molecule has 0 saturated heterocycles. The maximum atomic E-state index is 12.1. The third kappa shape index (κ3) is 2.48. The Kier molecular flexibility index (Phi) is 3.14. The van der Waals surface area contributed by atoms with E-state index >= 15 is 0 Å². The van der Waals surface area contributed by atoms with E-state index in [1.54, 1.807) is 13.8 Å². The third-order valence-corrected chi connectivity index (χ3v) is 3.33. The number of alkyl halides is 3. The van der Waals surface area contributed by atoms with Gasteiger partial charge in [0, 0.05) is 5.92 Å². The van der Waals surface area contributed by atoms with Crippen molar-refractivity contribution in [3.63, 3.8) is 0 Å². The molecule has 2 unspecified atom stereocenters. The second-order valence-corrected chi connectivity index (χ2v) is 4.92. The lowest BCUT2D eigenvalue weighted by atomic mass is 10.1. The van der Waals surface area contributed by atoms with Gasteiger partial charge in [-0.25, -0.2) is 0 Å². The lowest BCUT2D eigenvalue weighted by molar-refractivity contribution is -0.113. The molecule has 0 aromatic rings. The highest BCUT2D eigenvalue weighted by Gasteiger charge is 2.60. The molecule has 0 amide bonds. The molecule has 0 N–H and O–H groups in total. The van der Waals surface area contributed by atoms with E-state index in [0.29, 0.717) is 0 Å². The third-order valence-electron chi connectivity index (χ3n) is 2.75. The van der Waals surface area contributed by atoms with Gasteiger partial charge in [0.25, 0.3) is 0 Å². The number of rotatable bonds is 2. The van der Waals surface area contributed by atoms with Crippen molar-refractivity contribution < 1.29 is 18.0 Å². The van der Waals surface area contributed by atoms with Crippen LogP contribution in [0.1, 0.15) is 13.8 Å². The first kappa shape index (κ1) is 12.8. The standard InChI is InChI=1S/C9H9Cl2F3O/c1-8(2)4(6(8)7(11)15)3-5(10)9(12,13)14/h3-4,6H,1-2H3/b5-3+. The number of allylic oxidation sites excluding steroid dienone is 2. The van der Waals surface area contributed by atoms with Crippen molar-refractivity contribution in [3.05, 3.63) is 11.1 Å². The van der Waals surface area contributed by atoms with E-state index < -0.39 is 33.7 Å². The van der Waals surface area contributed by atoms with Crippen molar-refractivity contribution in [2.45, 2.75) is 20.0 Å². The highest BCUT2D eigenvalue weighted by Crippen LogP contribution is 2.60. The summed E-state index contributed by atoms with van der Waals surface area (Å²) in [6.07, 6.45) is -3.69. The van der Waals surface area contributed by atoms with E-state index in [0.717, 1.165) is 6.08 Å². The van der Waals surface area contributed by atoms with Gasteiger partial charge >= 0.3 is 6.18 Å². The van der Waals surface area contributed by atoms with Crippen LogP contribution in [-0.4, -0.2) is 11.4 Å². The lowest BCUT2D eigenvalue weighted by Gasteiger charge is -2.04. The normalized spacial score (nSPS) is 30.2. The molecule has 6 heteroatoms. The molecule has 0 aliphatic heterocycles. The van der Waals surface area contributed by atoms with E-state index in [4.69, 9.17) is 23.2 Å². The van der Waals surface area contributed by atoms with E-state index in [1.165, 1.54) is 0 Å². The van der Waals surface area contributed by atoms with Gasteiger partial charge in [0.2, 0.25) is 5.24 Å². The van der Waals surface area contributed by atoms with Crippen LogP contribution in [0, 0.1) is 17.3 Å². The fourth-order valence-electron chi connectivity index (χ4n) is 1.67. The minimum atomic E-state index is -4.56. The van der Waals surface area contributed by atoms with Crippen molar-refractivity contribution >= 4 is 28.4 Å². The molecule has 0 bridgehead atoms. The van der Waals surface area contributed by atoms with E-state index in [-0.39, 0.29) is 0 Å². The summed E-state index contributed by atoms with van der Waals surface area (Å²) in [7, 11) is 0. The van der Waals surface area contributed by atoms with E-state index in [9.17, 15) is 18.0 Å². The molecule has 0 radical (unpaired) electrons. The summed E-state index contributed by atoms with van der Waals surface area (Å²) in [5.74, 6) is -1.10. The quantitative estimate of drug-likeness (QED) is 0.692. The molecule has 15 heavy (non-hydrogen) atoms. The zero-order valence-electron chi connectivity index (χ0n) is 8.03. The van der Waals surface area contributed by atoms with Crippen LogP contribution in [-0.2, 0) is 4.79 Å². The number of carbonyl (C=O) groups excluding carboxylic acids is 1. The summed E-state index contributed by atoms with van der Waals surface area (Å²) >= 11 is 10.3. The lowest BCUT2D eigenvalue weighted by Crippen LogP contribution is -2.07. The van der Waals surface area contributed by atoms with Crippen LogP contribution in [0.2, 0.25) is 0 Å². The summed E-state index contributed by atoms with van der Waals surface area (Å²) in [6.45, 7) is 3.36. The Balaban J connectivity index is 2.83. The summed E-state index contributed by atoms with van der Waals surface area (Å²) in [6, 6.07) is 0. The molecular formula is C9H9Cl2F3O. The minimum absolute atomic E-state index is 0.531. The Morgan fingerprint density at radius 2 is 1.80 bits per heavy atom. The predicted octanol–water partition coefficient (Wildman–Crippen LogP) is 3.71. The molecule has 2 atom stereocenters. The fraction of sp³-hybridized carbons (Fsp3) is 0.667. The van der Waals surface area contributed by atoms with Crippen LogP contribution in [0.25, 0.3) is 0 Å². The van der Waals surface area contributed by atoms with Gasteiger partial charge in [-0.15, -0.1) is 0 Å². The topological polar surface area (TPSA) is 17.1 Å². The van der Waals surface area contributed by atoms with E-state index in [2.05, 4.69) is 0 Å². The van der Waals surface area contributed by atoms with Gasteiger partial charge in [-0.05, 0) is 22.9 Å². The Hall–Kier alpha value is -0.220. The molecule has 1 aliphatic carbocycles. The smallest absolute Gasteiger partial charge is 0.281 e. The summed E-state index contributed by atoms with van der Waals surface area (Å²) in [5.41, 5.74) is -0.537. The molecule has 0 heterocycles. The van der Waals surface area contributed by atoms with Gasteiger partial charge in [0.15, 0.2) is 0 Å². The molecule has 86 valence electrons. The second kappa shape index (κ2) is 3.67. The van der Waals surface area contributed by atoms with Crippen LogP contribution in [0.4, 0.5) is 13.2 Å². The van der Waals surface area contributed by atoms with E-state index in [1.807, 2.05) is 0 Å². The Morgan fingerprint density at radius 1 is 1.33 bits per heavy atom. The molecule has 1 saturated carbocycles. The Labute approximate surface area is 95.2 Å². The Morgan fingerprint density at radius 3 is 2.07 bits per heavy atom. The zero-order chi connectivity index (χ0) is 12.0. The highest BCUT2D eigenvalue weighted by atomic mass is 35.5. The van der Waals surface area contributed by atoms with Gasteiger partial charge in [-0.3, -0.25) is 4.79 Å². The van der Waals surface area contributed by atoms with Gasteiger partial charge in [-0.2, -0.15) is 13.2 Å². The molecule has 1 nitrogen and oxygen atoms in total. The monoisotopic (exact) mass is 260 g/mol. The SMILES string of the molecule is CC1(C)C(/C=C(/Cl)C(F)(F)F)C1C(=O)Cl. The minimum Gasteiger partial charge on any atom is -0.281 e. The predicted molar refractivity (Wildman–Crippen MR) is 51.6 cm³/mol. The average Bonchev–Trinajstić information content (AvgIpc) is 2.50. The van der Waals surface area contributed by atoms with Crippen LogP contribution in [0.5, 0.6) is 0 Å². The maximum absolute atomic E-state index is 12.1. The van der Waals surface area contributed by atoms with Crippen molar-refractivity contribution in [1.82, 2.24) is 0 Å². The van der Waals surface area contributed by atoms with Gasteiger partial charge in [0.1, 0.15) is 5.03 Å².